The molecule has 19 heavy (non-hydrogen) atoms. The Labute approximate surface area is 125 Å². The molecule has 100 valence electrons. The predicted molar refractivity (Wildman–Crippen MR) is 83.7 cm³/mol. The molecule has 0 atom stereocenters. The van der Waals surface area contributed by atoms with E-state index in [0.717, 1.165) is 17.0 Å². The lowest BCUT2D eigenvalue weighted by atomic mass is 10.1. The van der Waals surface area contributed by atoms with Crippen LogP contribution in [0.5, 0.6) is 5.75 Å². The van der Waals surface area contributed by atoms with Crippen molar-refractivity contribution in [1.82, 2.24) is 9.97 Å². The molecule has 0 spiro atoms. The molecule has 2 aromatic rings. The van der Waals surface area contributed by atoms with Gasteiger partial charge in [0, 0.05) is 5.56 Å². The number of methoxy groups -OCH3 is 1. The number of ether oxygens (including phenoxy) is 1. The smallest absolute Gasteiger partial charge is 0.264 e. The van der Waals surface area contributed by atoms with E-state index in [1.165, 1.54) is 0 Å². The average Bonchev–Trinajstić information content (AvgIpc) is 2.41. The van der Waals surface area contributed by atoms with Crippen LogP contribution in [0.4, 0.5) is 0 Å². The molecule has 0 radical (unpaired) electrons. The highest BCUT2D eigenvalue weighted by Gasteiger charge is 2.13. The first kappa shape index (κ1) is 14.0. The van der Waals surface area contributed by atoms with Crippen LogP contribution in [0.25, 0.3) is 11.4 Å². The maximum absolute atomic E-state index is 12.0. The van der Waals surface area contributed by atoms with Crippen LogP contribution in [0.15, 0.2) is 29.1 Å². The minimum absolute atomic E-state index is 0.0999. The summed E-state index contributed by atoms with van der Waals surface area (Å²) in [7, 11) is 1.61. The molecule has 0 unspecified atom stereocenters. The summed E-state index contributed by atoms with van der Waals surface area (Å²) < 4.78 is 5.84. The largest absolute Gasteiger partial charge is 0.497 e. The molecule has 1 aromatic carbocycles. The maximum atomic E-state index is 12.0. The molecule has 0 aliphatic rings. The van der Waals surface area contributed by atoms with Gasteiger partial charge in [0.2, 0.25) is 0 Å². The van der Waals surface area contributed by atoms with Gasteiger partial charge in [0.1, 0.15) is 11.6 Å². The van der Waals surface area contributed by atoms with E-state index >= 15 is 0 Å². The van der Waals surface area contributed by atoms with Gasteiger partial charge in [-0.2, -0.15) is 0 Å². The molecular formula is C14H15IN2O2. The van der Waals surface area contributed by atoms with Gasteiger partial charge in [-0.3, -0.25) is 4.79 Å². The second-order valence-electron chi connectivity index (χ2n) is 4.50. The van der Waals surface area contributed by atoms with Gasteiger partial charge in [-0.1, -0.05) is 26.0 Å². The van der Waals surface area contributed by atoms with E-state index in [2.05, 4.69) is 9.97 Å². The van der Waals surface area contributed by atoms with Gasteiger partial charge < -0.3 is 9.72 Å². The van der Waals surface area contributed by atoms with Crippen LogP contribution in [0.3, 0.4) is 0 Å². The molecule has 1 aromatic heterocycles. The number of halogens is 1. The number of hydrogen-bond donors (Lipinski definition) is 1. The third-order valence-corrected chi connectivity index (χ3v) is 3.82. The van der Waals surface area contributed by atoms with E-state index in [-0.39, 0.29) is 11.5 Å². The third-order valence-electron chi connectivity index (χ3n) is 2.78. The van der Waals surface area contributed by atoms with E-state index in [0.29, 0.717) is 9.39 Å². The van der Waals surface area contributed by atoms with Crippen LogP contribution in [0.2, 0.25) is 0 Å². The first-order valence-corrected chi connectivity index (χ1v) is 7.05. The van der Waals surface area contributed by atoms with Crippen LogP contribution in [0.1, 0.15) is 25.5 Å². The second-order valence-corrected chi connectivity index (χ2v) is 5.58. The highest BCUT2D eigenvalue weighted by atomic mass is 127. The van der Waals surface area contributed by atoms with E-state index < -0.39 is 0 Å². The van der Waals surface area contributed by atoms with Crippen LogP contribution >= 0.6 is 22.6 Å². The van der Waals surface area contributed by atoms with Crippen LogP contribution in [0, 0.1) is 3.57 Å². The first-order chi connectivity index (χ1) is 9.02. The van der Waals surface area contributed by atoms with Crippen molar-refractivity contribution >= 4 is 22.6 Å². The number of nitrogens with zero attached hydrogens (tertiary/aromatic N) is 1. The Balaban J connectivity index is 2.59. The quantitative estimate of drug-likeness (QED) is 0.845. The molecule has 0 fully saturated rings. The zero-order chi connectivity index (χ0) is 14.0. The van der Waals surface area contributed by atoms with Crippen molar-refractivity contribution < 1.29 is 4.74 Å². The Kier molecular flexibility index (Phi) is 4.24. The molecule has 0 saturated carbocycles. The molecule has 0 saturated heterocycles. The molecule has 2 rings (SSSR count). The number of benzene rings is 1. The molecule has 4 nitrogen and oxygen atoms in total. The van der Waals surface area contributed by atoms with E-state index in [9.17, 15) is 4.79 Å². The van der Waals surface area contributed by atoms with Gasteiger partial charge in [0.25, 0.3) is 5.56 Å². The Hall–Kier alpha value is -1.37. The predicted octanol–water partition coefficient (Wildman–Crippen LogP) is 3.17. The molecule has 0 amide bonds. The summed E-state index contributed by atoms with van der Waals surface area (Å²) in [5.41, 5.74) is 1.56. The Morgan fingerprint density at radius 2 is 2.11 bits per heavy atom. The fraction of sp³-hybridized carbons (Fsp3) is 0.286. The Morgan fingerprint density at radius 1 is 1.37 bits per heavy atom. The normalized spacial score (nSPS) is 10.8. The lowest BCUT2D eigenvalue weighted by Gasteiger charge is -2.10. The summed E-state index contributed by atoms with van der Waals surface area (Å²) in [6, 6.07) is 7.49. The molecule has 0 aliphatic carbocycles. The minimum Gasteiger partial charge on any atom is -0.497 e. The highest BCUT2D eigenvalue weighted by Crippen LogP contribution is 2.23. The van der Waals surface area contributed by atoms with Gasteiger partial charge in [0.15, 0.2) is 0 Å². The lowest BCUT2D eigenvalue weighted by molar-refractivity contribution is 0.415. The van der Waals surface area contributed by atoms with Crippen LogP contribution in [-0.2, 0) is 0 Å². The van der Waals surface area contributed by atoms with Crippen LogP contribution < -0.4 is 10.3 Å². The van der Waals surface area contributed by atoms with Crippen molar-refractivity contribution in [2.45, 2.75) is 19.8 Å². The van der Waals surface area contributed by atoms with Crippen molar-refractivity contribution in [1.29, 1.82) is 0 Å². The van der Waals surface area contributed by atoms with Gasteiger partial charge in [-0.25, -0.2) is 4.98 Å². The van der Waals surface area contributed by atoms with Crippen molar-refractivity contribution in [2.75, 3.05) is 7.11 Å². The SMILES string of the molecule is COc1cccc(-c2nc(C(C)C)c(I)c(=O)[nH]2)c1. The zero-order valence-electron chi connectivity index (χ0n) is 11.0. The fourth-order valence-electron chi connectivity index (χ4n) is 1.77. The van der Waals surface area contributed by atoms with Crippen molar-refractivity contribution in [2.24, 2.45) is 0 Å². The topological polar surface area (TPSA) is 55.0 Å². The molecular weight excluding hydrogens is 355 g/mol. The lowest BCUT2D eigenvalue weighted by Crippen LogP contribution is -2.17. The summed E-state index contributed by atoms with van der Waals surface area (Å²) in [5.74, 6) is 1.52. The minimum atomic E-state index is -0.0999. The highest BCUT2D eigenvalue weighted by molar-refractivity contribution is 14.1. The summed E-state index contributed by atoms with van der Waals surface area (Å²) in [6.45, 7) is 4.05. The molecule has 0 bridgehead atoms. The second kappa shape index (κ2) is 5.73. The number of hydrogen-bond acceptors (Lipinski definition) is 3. The van der Waals surface area contributed by atoms with E-state index in [1.807, 2.05) is 60.7 Å². The fourth-order valence-corrected chi connectivity index (χ4v) is 2.64. The Bertz CT molecular complexity index is 650. The Morgan fingerprint density at radius 3 is 2.74 bits per heavy atom. The number of aromatic nitrogens is 2. The number of aromatic amines is 1. The number of H-pyrrole nitrogens is 1. The molecule has 1 heterocycles. The summed E-state index contributed by atoms with van der Waals surface area (Å²) in [4.78, 5) is 19.3. The zero-order valence-corrected chi connectivity index (χ0v) is 13.2. The van der Waals surface area contributed by atoms with E-state index in [4.69, 9.17) is 4.74 Å². The molecule has 5 heteroatoms. The first-order valence-electron chi connectivity index (χ1n) is 5.97. The maximum Gasteiger partial charge on any atom is 0.264 e. The monoisotopic (exact) mass is 370 g/mol. The number of nitrogens with one attached hydrogen (secondary N) is 1. The van der Waals surface area contributed by atoms with Gasteiger partial charge in [0.05, 0.1) is 16.4 Å². The van der Waals surface area contributed by atoms with Crippen molar-refractivity contribution in [3.8, 4) is 17.1 Å². The average molecular weight is 370 g/mol. The van der Waals surface area contributed by atoms with Crippen LogP contribution in [-0.4, -0.2) is 17.1 Å². The summed E-state index contributed by atoms with van der Waals surface area (Å²) in [5, 5.41) is 0. The molecule has 0 aliphatic heterocycles. The van der Waals surface area contributed by atoms with Gasteiger partial charge >= 0.3 is 0 Å². The van der Waals surface area contributed by atoms with Crippen molar-refractivity contribution in [3.63, 3.8) is 0 Å². The third kappa shape index (κ3) is 2.97. The van der Waals surface area contributed by atoms with Gasteiger partial charge in [-0.15, -0.1) is 0 Å². The summed E-state index contributed by atoms with van der Waals surface area (Å²) in [6.07, 6.45) is 0. The number of rotatable bonds is 3. The standard InChI is InChI=1S/C14H15IN2O2/c1-8(2)12-11(15)14(18)17-13(16-12)9-5-4-6-10(7-9)19-3/h4-8H,1-3H3,(H,16,17,18). The summed E-state index contributed by atoms with van der Waals surface area (Å²) >= 11 is 2.04. The molecule has 1 N–H and O–H groups in total. The van der Waals surface area contributed by atoms with Gasteiger partial charge in [-0.05, 0) is 40.6 Å². The van der Waals surface area contributed by atoms with Crippen molar-refractivity contribution in [3.05, 3.63) is 43.9 Å². The van der Waals surface area contributed by atoms with E-state index in [1.54, 1.807) is 7.11 Å².